The van der Waals surface area contributed by atoms with E-state index in [0.29, 0.717) is 54.1 Å². The first kappa shape index (κ1) is 23.5. The Morgan fingerprint density at radius 2 is 1.44 bits per heavy atom. The van der Waals surface area contributed by atoms with Gasteiger partial charge in [-0.2, -0.15) is 0 Å². The van der Waals surface area contributed by atoms with Crippen molar-refractivity contribution in [2.24, 2.45) is 0 Å². The van der Waals surface area contributed by atoms with Crippen molar-refractivity contribution in [2.75, 3.05) is 55.3 Å². The number of amides is 1. The fraction of sp³-hybridized carbons (Fsp3) is 0.458. The van der Waals surface area contributed by atoms with Gasteiger partial charge in [0, 0.05) is 30.7 Å². The summed E-state index contributed by atoms with van der Waals surface area (Å²) in [5.41, 5.74) is 1.21. The molecule has 2 aromatic carbocycles. The minimum absolute atomic E-state index is 0.226. The maximum Gasteiger partial charge on any atom is 0.251 e. The van der Waals surface area contributed by atoms with Crippen LogP contribution in [0.2, 0.25) is 0 Å². The molecule has 2 aromatic rings. The average Bonchev–Trinajstić information content (AvgIpc) is 2.86. The van der Waals surface area contributed by atoms with Gasteiger partial charge in [-0.3, -0.25) is 4.79 Å². The molecule has 0 aliphatic carbocycles. The van der Waals surface area contributed by atoms with Gasteiger partial charge in [-0.05, 0) is 42.7 Å². The first-order chi connectivity index (χ1) is 15.5. The van der Waals surface area contributed by atoms with Crippen molar-refractivity contribution in [1.29, 1.82) is 0 Å². The van der Waals surface area contributed by atoms with E-state index in [0.717, 1.165) is 18.4 Å². The number of hydrogen-bond acceptors (Lipinski definition) is 7. The predicted octanol–water partition coefficient (Wildman–Crippen LogP) is 3.21. The lowest BCUT2D eigenvalue weighted by atomic mass is 9.74. The molecule has 0 atom stereocenters. The van der Waals surface area contributed by atoms with Gasteiger partial charge in [0.1, 0.15) is 0 Å². The van der Waals surface area contributed by atoms with E-state index in [9.17, 15) is 4.79 Å². The lowest BCUT2D eigenvalue weighted by Gasteiger charge is -2.38. The third-order valence-electron chi connectivity index (χ3n) is 5.96. The Hall–Kier alpha value is -3.13. The number of methoxy groups -OCH3 is 5. The molecule has 0 bridgehead atoms. The minimum Gasteiger partial charge on any atom is -0.493 e. The molecule has 0 unspecified atom stereocenters. The first-order valence-electron chi connectivity index (χ1n) is 10.4. The molecular formula is C24H31NO7. The van der Waals surface area contributed by atoms with Crippen LogP contribution in [0.15, 0.2) is 30.3 Å². The molecule has 3 rings (SSSR count). The average molecular weight is 446 g/mol. The zero-order valence-electron chi connectivity index (χ0n) is 19.3. The number of carbonyl (C=O) groups is 1. The lowest BCUT2D eigenvalue weighted by Crippen LogP contribution is -2.44. The van der Waals surface area contributed by atoms with Crippen LogP contribution in [0.3, 0.4) is 0 Å². The summed E-state index contributed by atoms with van der Waals surface area (Å²) in [6.45, 7) is 1.68. The zero-order valence-corrected chi connectivity index (χ0v) is 19.3. The van der Waals surface area contributed by atoms with E-state index in [2.05, 4.69) is 5.32 Å². The lowest BCUT2D eigenvalue weighted by molar-refractivity contribution is 0.0486. The second-order valence-corrected chi connectivity index (χ2v) is 7.56. The summed E-state index contributed by atoms with van der Waals surface area (Å²) in [4.78, 5) is 13.1. The van der Waals surface area contributed by atoms with Crippen molar-refractivity contribution in [2.45, 2.75) is 18.3 Å². The Morgan fingerprint density at radius 1 is 0.844 bits per heavy atom. The molecule has 8 heteroatoms. The topological polar surface area (TPSA) is 84.5 Å². The molecule has 1 saturated heterocycles. The highest BCUT2D eigenvalue weighted by Gasteiger charge is 2.36. The third kappa shape index (κ3) is 4.70. The molecule has 1 aliphatic heterocycles. The summed E-state index contributed by atoms with van der Waals surface area (Å²) in [6.07, 6.45) is 1.55. The highest BCUT2D eigenvalue weighted by atomic mass is 16.5. The largest absolute Gasteiger partial charge is 0.493 e. The van der Waals surface area contributed by atoms with Gasteiger partial charge in [-0.1, -0.05) is 6.07 Å². The highest BCUT2D eigenvalue weighted by molar-refractivity contribution is 5.95. The summed E-state index contributed by atoms with van der Waals surface area (Å²) in [5, 5.41) is 3.10. The molecule has 0 spiro atoms. The van der Waals surface area contributed by atoms with Crippen molar-refractivity contribution in [3.05, 3.63) is 41.5 Å². The van der Waals surface area contributed by atoms with Gasteiger partial charge >= 0.3 is 0 Å². The van der Waals surface area contributed by atoms with Crippen molar-refractivity contribution in [1.82, 2.24) is 5.32 Å². The van der Waals surface area contributed by atoms with Gasteiger partial charge < -0.3 is 33.7 Å². The second kappa shape index (κ2) is 10.5. The normalized spacial score (nSPS) is 14.9. The monoisotopic (exact) mass is 445 g/mol. The Labute approximate surface area is 188 Å². The van der Waals surface area contributed by atoms with Crippen LogP contribution >= 0.6 is 0 Å². The SMILES string of the molecule is COc1ccc(C2(CNC(=O)c3cc(OC)c(OC)c(OC)c3)CCOCC2)cc1OC. The van der Waals surface area contributed by atoms with Crippen LogP contribution in [0, 0.1) is 0 Å². The van der Waals surface area contributed by atoms with Gasteiger partial charge in [0.15, 0.2) is 23.0 Å². The molecule has 1 aliphatic rings. The van der Waals surface area contributed by atoms with Crippen LogP contribution in [0.4, 0.5) is 0 Å². The van der Waals surface area contributed by atoms with Crippen LogP contribution in [-0.4, -0.2) is 61.2 Å². The standard InChI is InChI=1S/C24H31NO7/c1-27-18-7-6-17(14-19(18)28-2)24(8-10-32-11-9-24)15-25-23(26)16-12-20(29-3)22(31-5)21(13-16)30-4/h6-7,12-14H,8-11,15H2,1-5H3,(H,25,26). The Kier molecular flexibility index (Phi) is 7.69. The molecule has 1 amide bonds. The van der Waals surface area contributed by atoms with Gasteiger partial charge in [0.25, 0.3) is 5.91 Å². The molecule has 32 heavy (non-hydrogen) atoms. The molecule has 0 saturated carbocycles. The summed E-state index contributed by atoms with van der Waals surface area (Å²) >= 11 is 0. The van der Waals surface area contributed by atoms with E-state index in [-0.39, 0.29) is 11.3 Å². The van der Waals surface area contributed by atoms with E-state index in [1.807, 2.05) is 18.2 Å². The van der Waals surface area contributed by atoms with Gasteiger partial charge in [0.2, 0.25) is 5.75 Å². The second-order valence-electron chi connectivity index (χ2n) is 7.56. The quantitative estimate of drug-likeness (QED) is 0.634. The van der Waals surface area contributed by atoms with Crippen molar-refractivity contribution in [3.8, 4) is 28.7 Å². The number of nitrogens with one attached hydrogen (secondary N) is 1. The molecule has 1 fully saturated rings. The van der Waals surface area contributed by atoms with Crippen molar-refractivity contribution in [3.63, 3.8) is 0 Å². The number of ether oxygens (including phenoxy) is 6. The molecule has 0 aromatic heterocycles. The smallest absolute Gasteiger partial charge is 0.251 e. The summed E-state index contributed by atoms with van der Waals surface area (Å²) in [7, 11) is 7.79. The molecule has 174 valence electrons. The highest BCUT2D eigenvalue weighted by Crippen LogP contribution is 2.40. The molecule has 8 nitrogen and oxygen atoms in total. The van der Waals surface area contributed by atoms with E-state index in [4.69, 9.17) is 28.4 Å². The van der Waals surface area contributed by atoms with Crippen LogP contribution in [0.5, 0.6) is 28.7 Å². The van der Waals surface area contributed by atoms with Crippen LogP contribution in [0.1, 0.15) is 28.8 Å². The van der Waals surface area contributed by atoms with Gasteiger partial charge in [-0.25, -0.2) is 0 Å². The van der Waals surface area contributed by atoms with E-state index in [1.54, 1.807) is 26.4 Å². The summed E-state index contributed by atoms with van der Waals surface area (Å²) < 4.78 is 32.6. The molecule has 1 heterocycles. The van der Waals surface area contributed by atoms with E-state index < -0.39 is 0 Å². The Bertz CT molecular complexity index is 913. The maximum atomic E-state index is 13.1. The van der Waals surface area contributed by atoms with Crippen molar-refractivity contribution >= 4 is 5.91 Å². The molecule has 1 N–H and O–H groups in total. The summed E-state index contributed by atoms with van der Waals surface area (Å²) in [5.74, 6) is 2.40. The minimum atomic E-state index is -0.284. The van der Waals surface area contributed by atoms with Gasteiger partial charge in [0.05, 0.1) is 35.5 Å². The third-order valence-corrected chi connectivity index (χ3v) is 5.96. The summed E-state index contributed by atoms with van der Waals surface area (Å²) in [6, 6.07) is 9.19. The van der Waals surface area contributed by atoms with Gasteiger partial charge in [-0.15, -0.1) is 0 Å². The number of rotatable bonds is 9. The Morgan fingerprint density at radius 3 is 1.97 bits per heavy atom. The number of carbonyl (C=O) groups excluding carboxylic acids is 1. The number of hydrogen-bond donors (Lipinski definition) is 1. The van der Waals surface area contributed by atoms with Crippen molar-refractivity contribution < 1.29 is 33.2 Å². The Balaban J connectivity index is 1.87. The van der Waals surface area contributed by atoms with Crippen LogP contribution in [-0.2, 0) is 10.2 Å². The zero-order chi connectivity index (χ0) is 23.1. The molecule has 0 radical (unpaired) electrons. The van der Waals surface area contributed by atoms with Crippen LogP contribution < -0.4 is 29.0 Å². The first-order valence-corrected chi connectivity index (χ1v) is 10.4. The predicted molar refractivity (Wildman–Crippen MR) is 120 cm³/mol. The van der Waals surface area contributed by atoms with Crippen LogP contribution in [0.25, 0.3) is 0 Å². The van der Waals surface area contributed by atoms with E-state index >= 15 is 0 Å². The fourth-order valence-electron chi connectivity index (χ4n) is 4.06. The maximum absolute atomic E-state index is 13.1. The van der Waals surface area contributed by atoms with E-state index in [1.165, 1.54) is 21.3 Å². The number of benzene rings is 2. The fourth-order valence-corrected chi connectivity index (χ4v) is 4.06. The molecular weight excluding hydrogens is 414 g/mol.